The molecule has 0 bridgehead atoms. The number of ether oxygens (including phenoxy) is 1. The lowest BCUT2D eigenvalue weighted by Gasteiger charge is -2.31. The van der Waals surface area contributed by atoms with Crippen LogP contribution in [0.25, 0.3) is 0 Å². The first-order valence-corrected chi connectivity index (χ1v) is 7.86. The topological polar surface area (TPSA) is 61.8 Å². The third-order valence-corrected chi connectivity index (χ3v) is 4.50. The third-order valence-electron chi connectivity index (χ3n) is 4.50. The van der Waals surface area contributed by atoms with Crippen LogP contribution in [0.4, 0.5) is 0 Å². The van der Waals surface area contributed by atoms with Crippen LogP contribution < -0.4 is 5.32 Å². The average molecular weight is 284 g/mol. The van der Waals surface area contributed by atoms with Gasteiger partial charge in [0.15, 0.2) is 0 Å². The summed E-state index contributed by atoms with van der Waals surface area (Å²) < 4.78 is 5.42. The minimum atomic E-state index is -0.496. The largest absolute Gasteiger partial charge is 0.390 e. The fraction of sp³-hybridized carbons (Fsp3) is 0.933. The zero-order valence-electron chi connectivity index (χ0n) is 12.7. The number of aliphatic hydroxyl groups is 1. The molecule has 1 amide bonds. The lowest BCUT2D eigenvalue weighted by Crippen LogP contribution is -2.45. The van der Waals surface area contributed by atoms with Gasteiger partial charge < -0.3 is 20.1 Å². The number of likely N-dealkylation sites (tertiary alicyclic amines) is 1. The van der Waals surface area contributed by atoms with E-state index < -0.39 is 6.10 Å². The standard InChI is InChI=1S/C15H28N2O3/c1-11-3-6-17(7-4-11)10-13(18)9-16-15(19)14-12(2)5-8-20-14/h11-14,18H,3-10H2,1-2H3,(H,16,19). The van der Waals surface area contributed by atoms with Gasteiger partial charge in [0.05, 0.1) is 6.10 Å². The van der Waals surface area contributed by atoms with Gasteiger partial charge in [-0.05, 0) is 44.2 Å². The molecule has 2 aliphatic rings. The Balaban J connectivity index is 1.64. The van der Waals surface area contributed by atoms with E-state index in [1.807, 2.05) is 6.92 Å². The smallest absolute Gasteiger partial charge is 0.249 e. The van der Waals surface area contributed by atoms with E-state index in [2.05, 4.69) is 17.1 Å². The van der Waals surface area contributed by atoms with E-state index in [1.54, 1.807) is 0 Å². The summed E-state index contributed by atoms with van der Waals surface area (Å²) in [6, 6.07) is 0. The predicted molar refractivity (Wildman–Crippen MR) is 77.4 cm³/mol. The molecule has 0 aromatic carbocycles. The molecule has 2 N–H and O–H groups in total. The van der Waals surface area contributed by atoms with Crippen molar-refractivity contribution in [3.05, 3.63) is 0 Å². The first-order chi connectivity index (χ1) is 9.56. The highest BCUT2D eigenvalue weighted by Crippen LogP contribution is 2.20. The molecule has 3 unspecified atom stereocenters. The maximum Gasteiger partial charge on any atom is 0.249 e. The number of piperidine rings is 1. The number of carbonyl (C=O) groups is 1. The second kappa shape index (κ2) is 7.38. The number of rotatable bonds is 5. The predicted octanol–water partition coefficient (Wildman–Crippen LogP) is 0.620. The number of β-amino-alcohol motifs (C(OH)–C–C–N with tert-alkyl or cyclic N) is 1. The molecule has 5 heteroatoms. The molecular weight excluding hydrogens is 256 g/mol. The fourth-order valence-corrected chi connectivity index (χ4v) is 2.96. The molecule has 0 radical (unpaired) electrons. The first kappa shape index (κ1) is 15.7. The Hall–Kier alpha value is -0.650. The van der Waals surface area contributed by atoms with Crippen LogP contribution in [-0.2, 0) is 9.53 Å². The lowest BCUT2D eigenvalue weighted by atomic mass is 9.99. The van der Waals surface area contributed by atoms with E-state index in [-0.39, 0.29) is 17.9 Å². The second-order valence-corrected chi connectivity index (χ2v) is 6.44. The normalized spacial score (nSPS) is 30.4. The summed E-state index contributed by atoms with van der Waals surface area (Å²) in [7, 11) is 0. The number of hydrogen-bond donors (Lipinski definition) is 2. The van der Waals surface area contributed by atoms with Crippen LogP contribution in [0.1, 0.15) is 33.1 Å². The molecule has 2 aliphatic heterocycles. The minimum Gasteiger partial charge on any atom is -0.390 e. The Morgan fingerprint density at radius 2 is 2.05 bits per heavy atom. The van der Waals surface area contributed by atoms with Crippen LogP contribution >= 0.6 is 0 Å². The Kier molecular flexibility index (Phi) is 5.81. The van der Waals surface area contributed by atoms with Crippen LogP contribution in [0, 0.1) is 11.8 Å². The van der Waals surface area contributed by atoms with E-state index >= 15 is 0 Å². The van der Waals surface area contributed by atoms with Crippen LogP contribution in [0.5, 0.6) is 0 Å². The summed E-state index contributed by atoms with van der Waals surface area (Å²) in [5.74, 6) is 0.987. The second-order valence-electron chi connectivity index (χ2n) is 6.44. The minimum absolute atomic E-state index is 0.0821. The molecule has 0 aromatic heterocycles. The van der Waals surface area contributed by atoms with E-state index in [0.29, 0.717) is 19.7 Å². The molecule has 0 aromatic rings. The summed E-state index contributed by atoms with van der Waals surface area (Å²) in [5, 5.41) is 12.8. The molecule has 20 heavy (non-hydrogen) atoms. The van der Waals surface area contributed by atoms with Crippen LogP contribution in [0.2, 0.25) is 0 Å². The number of nitrogens with zero attached hydrogens (tertiary/aromatic N) is 1. The van der Waals surface area contributed by atoms with E-state index in [1.165, 1.54) is 12.8 Å². The molecule has 0 saturated carbocycles. The molecule has 2 saturated heterocycles. The highest BCUT2D eigenvalue weighted by atomic mass is 16.5. The number of amides is 1. The van der Waals surface area contributed by atoms with Crippen LogP contribution in [0.3, 0.4) is 0 Å². The number of nitrogens with one attached hydrogen (secondary N) is 1. The molecule has 2 fully saturated rings. The highest BCUT2D eigenvalue weighted by Gasteiger charge is 2.31. The van der Waals surface area contributed by atoms with Crippen LogP contribution in [-0.4, -0.2) is 60.9 Å². The Morgan fingerprint density at radius 1 is 1.35 bits per heavy atom. The molecule has 5 nitrogen and oxygen atoms in total. The SMILES string of the molecule is CC1CCN(CC(O)CNC(=O)C2OCCC2C)CC1. The zero-order chi connectivity index (χ0) is 14.5. The average Bonchev–Trinajstić information content (AvgIpc) is 2.85. The third kappa shape index (κ3) is 4.43. The molecule has 0 spiro atoms. The van der Waals surface area contributed by atoms with Gasteiger partial charge in [-0.25, -0.2) is 0 Å². The molecule has 2 rings (SSSR count). The van der Waals surface area contributed by atoms with Gasteiger partial charge >= 0.3 is 0 Å². The van der Waals surface area contributed by atoms with Gasteiger partial charge in [0, 0.05) is 19.7 Å². The lowest BCUT2D eigenvalue weighted by molar-refractivity contribution is -0.132. The molecule has 0 aliphatic carbocycles. The van der Waals surface area contributed by atoms with Crippen molar-refractivity contribution in [2.45, 2.75) is 45.3 Å². The van der Waals surface area contributed by atoms with Crippen molar-refractivity contribution in [3.8, 4) is 0 Å². The van der Waals surface area contributed by atoms with Crippen LogP contribution in [0.15, 0.2) is 0 Å². The quantitative estimate of drug-likeness (QED) is 0.777. The maximum atomic E-state index is 11.9. The van der Waals surface area contributed by atoms with Gasteiger partial charge in [0.25, 0.3) is 0 Å². The van der Waals surface area contributed by atoms with Crippen molar-refractivity contribution < 1.29 is 14.6 Å². The molecule has 116 valence electrons. The van der Waals surface area contributed by atoms with Crippen molar-refractivity contribution in [3.63, 3.8) is 0 Å². The first-order valence-electron chi connectivity index (χ1n) is 7.86. The summed E-state index contributed by atoms with van der Waals surface area (Å²) >= 11 is 0. The van der Waals surface area contributed by atoms with E-state index in [0.717, 1.165) is 25.4 Å². The number of aliphatic hydroxyl groups excluding tert-OH is 1. The van der Waals surface area contributed by atoms with Gasteiger partial charge in [0.2, 0.25) is 5.91 Å². The van der Waals surface area contributed by atoms with Crippen molar-refractivity contribution in [1.29, 1.82) is 0 Å². The Bertz CT molecular complexity index is 316. The molecule has 2 heterocycles. The molecule has 3 atom stereocenters. The van der Waals surface area contributed by atoms with Gasteiger partial charge in [-0.1, -0.05) is 13.8 Å². The number of carbonyl (C=O) groups excluding carboxylic acids is 1. The fourth-order valence-electron chi connectivity index (χ4n) is 2.96. The van der Waals surface area contributed by atoms with E-state index in [9.17, 15) is 9.90 Å². The summed E-state index contributed by atoms with van der Waals surface area (Å²) in [6.07, 6.45) is 2.51. The van der Waals surface area contributed by atoms with E-state index in [4.69, 9.17) is 4.74 Å². The summed E-state index contributed by atoms with van der Waals surface area (Å²) in [5.41, 5.74) is 0. The van der Waals surface area contributed by atoms with Gasteiger partial charge in [-0.15, -0.1) is 0 Å². The Labute approximate surface area is 121 Å². The maximum absolute atomic E-state index is 11.9. The summed E-state index contributed by atoms with van der Waals surface area (Å²) in [4.78, 5) is 14.2. The highest BCUT2D eigenvalue weighted by molar-refractivity contribution is 5.81. The van der Waals surface area contributed by atoms with Crippen molar-refractivity contribution >= 4 is 5.91 Å². The monoisotopic (exact) mass is 284 g/mol. The number of hydrogen-bond acceptors (Lipinski definition) is 4. The molecular formula is C15H28N2O3. The van der Waals surface area contributed by atoms with Crippen molar-refractivity contribution in [2.24, 2.45) is 11.8 Å². The Morgan fingerprint density at radius 3 is 2.65 bits per heavy atom. The van der Waals surface area contributed by atoms with Gasteiger partial charge in [-0.2, -0.15) is 0 Å². The van der Waals surface area contributed by atoms with Gasteiger partial charge in [0.1, 0.15) is 6.10 Å². The zero-order valence-corrected chi connectivity index (χ0v) is 12.7. The van der Waals surface area contributed by atoms with Gasteiger partial charge in [-0.3, -0.25) is 4.79 Å². The summed E-state index contributed by atoms with van der Waals surface area (Å²) in [6.45, 7) is 8.03. The van der Waals surface area contributed by atoms with Crippen molar-refractivity contribution in [2.75, 3.05) is 32.8 Å². The van der Waals surface area contributed by atoms with Crippen molar-refractivity contribution in [1.82, 2.24) is 10.2 Å².